The van der Waals surface area contributed by atoms with E-state index in [0.717, 1.165) is 11.1 Å². The number of carbonyl (C=O) groups excluding carboxylic acids is 4. The number of carbonyl (C=O) groups is 4. The fourth-order valence-electron chi connectivity index (χ4n) is 3.72. The lowest BCUT2D eigenvalue weighted by Gasteiger charge is -2.49. The van der Waals surface area contributed by atoms with Gasteiger partial charge in [0.05, 0.1) is 13.5 Å². The average Bonchev–Trinajstić information content (AvgIpc) is 2.88. The minimum Gasteiger partial charge on any atom is -0.497 e. The molecule has 1 aromatic rings. The number of amides is 2. The summed E-state index contributed by atoms with van der Waals surface area (Å²) >= 11 is 3.57. The summed E-state index contributed by atoms with van der Waals surface area (Å²) in [6, 6.07) is 6.20. The van der Waals surface area contributed by atoms with Gasteiger partial charge in [0.1, 0.15) is 42.2 Å². The summed E-state index contributed by atoms with van der Waals surface area (Å²) in [5.74, 6) is -1.28. The molecule has 0 radical (unpaired) electrons. The second-order valence-electron chi connectivity index (χ2n) is 9.35. The third kappa shape index (κ3) is 7.18. The zero-order valence-corrected chi connectivity index (χ0v) is 24.7. The lowest BCUT2D eigenvalue weighted by atomic mass is 10.0. The second-order valence-corrected chi connectivity index (χ2v) is 11.2. The van der Waals surface area contributed by atoms with Gasteiger partial charge in [-0.05, 0) is 44.0 Å². The number of oxime groups is 1. The van der Waals surface area contributed by atoms with E-state index in [4.69, 9.17) is 19.0 Å². The molecular weight excluding hydrogens is 629 g/mol. The molecule has 2 unspecified atom stereocenters. The number of methoxy groups -OCH3 is 1. The first-order valence-electron chi connectivity index (χ1n) is 11.6. The number of hydrogen-bond donors (Lipinski definition) is 1. The van der Waals surface area contributed by atoms with E-state index in [1.165, 1.54) is 23.8 Å². The number of rotatable bonds is 10. The van der Waals surface area contributed by atoms with Gasteiger partial charge in [-0.3, -0.25) is 19.3 Å². The summed E-state index contributed by atoms with van der Waals surface area (Å²) in [6.07, 6.45) is -0.429. The zero-order chi connectivity index (χ0) is 28.0. The average molecular weight is 659 g/mol. The molecule has 1 saturated heterocycles. The van der Waals surface area contributed by atoms with Crippen molar-refractivity contribution in [2.45, 2.75) is 50.8 Å². The van der Waals surface area contributed by atoms with Gasteiger partial charge < -0.3 is 24.4 Å². The van der Waals surface area contributed by atoms with Gasteiger partial charge in [0, 0.05) is 10.2 Å². The highest BCUT2D eigenvalue weighted by molar-refractivity contribution is 14.1. The molecule has 3 rings (SSSR count). The van der Waals surface area contributed by atoms with Gasteiger partial charge in [-0.2, -0.15) is 0 Å². The quantitative estimate of drug-likeness (QED) is 0.101. The second kappa shape index (κ2) is 12.8. The standard InChI is InChI=1S/C25H30IN3O8S/c1-25(2,3)37-18(30)10-17(28-35-5)21(31)27-19-22(32)29-20(15(11-26)13-38-23(19)29)24(33)36-12-14-6-8-16(34-4)9-7-14/h6-9,19,23H,10-13H2,1-5H3,(H,27,31)/b28-17+. The molecule has 0 spiro atoms. The van der Waals surface area contributed by atoms with Crippen molar-refractivity contribution in [3.8, 4) is 5.75 Å². The van der Waals surface area contributed by atoms with Gasteiger partial charge in [-0.25, -0.2) is 4.79 Å². The van der Waals surface area contributed by atoms with Gasteiger partial charge in [0.25, 0.3) is 11.8 Å². The van der Waals surface area contributed by atoms with Gasteiger partial charge >= 0.3 is 11.9 Å². The number of alkyl halides is 1. The maximum absolute atomic E-state index is 13.1. The summed E-state index contributed by atoms with van der Waals surface area (Å²) in [5, 5.41) is 5.76. The number of benzene rings is 1. The number of halogens is 1. The monoisotopic (exact) mass is 659 g/mol. The Morgan fingerprint density at radius 3 is 2.45 bits per heavy atom. The van der Waals surface area contributed by atoms with Gasteiger partial charge in [-0.1, -0.05) is 39.9 Å². The molecule has 2 aliphatic rings. The Labute approximate surface area is 238 Å². The number of fused-ring (bicyclic) bond motifs is 1. The zero-order valence-electron chi connectivity index (χ0n) is 21.7. The molecule has 13 heteroatoms. The Morgan fingerprint density at radius 1 is 1.18 bits per heavy atom. The summed E-state index contributed by atoms with van der Waals surface area (Å²) in [7, 11) is 2.81. The predicted octanol–water partition coefficient (Wildman–Crippen LogP) is 2.56. The maximum Gasteiger partial charge on any atom is 0.355 e. The minimum absolute atomic E-state index is 0.0301. The minimum atomic E-state index is -0.909. The molecule has 1 aromatic carbocycles. The molecule has 0 saturated carbocycles. The molecule has 2 aliphatic heterocycles. The van der Waals surface area contributed by atoms with Crippen LogP contribution in [-0.4, -0.2) is 75.8 Å². The van der Waals surface area contributed by atoms with Crippen LogP contribution in [0.3, 0.4) is 0 Å². The smallest absolute Gasteiger partial charge is 0.355 e. The van der Waals surface area contributed by atoms with Crippen LogP contribution in [0.1, 0.15) is 32.8 Å². The number of β-lactam (4-membered cyclic amide) rings is 1. The van der Waals surface area contributed by atoms with Crippen molar-refractivity contribution in [1.82, 2.24) is 10.2 Å². The first-order valence-corrected chi connectivity index (χ1v) is 14.2. The molecule has 2 atom stereocenters. The number of ether oxygens (including phenoxy) is 3. The first-order chi connectivity index (χ1) is 18.0. The summed E-state index contributed by atoms with van der Waals surface area (Å²) in [6.45, 7) is 5.15. The van der Waals surface area contributed by atoms with Crippen molar-refractivity contribution in [3.05, 3.63) is 41.1 Å². The van der Waals surface area contributed by atoms with Crippen LogP contribution in [-0.2, 0) is 40.1 Å². The Balaban J connectivity index is 1.67. The SMILES string of the molecule is CO/N=C(\CC(=O)OC(C)(C)C)C(=O)NC1C(=O)N2C(C(=O)OCc3ccc(OC)cc3)=C(CI)CSC12. The van der Waals surface area contributed by atoms with Crippen LogP contribution in [0, 0.1) is 0 Å². The Morgan fingerprint density at radius 2 is 1.87 bits per heavy atom. The fourth-order valence-corrected chi connectivity index (χ4v) is 6.06. The molecular formula is C25H30IN3O8S. The molecule has 2 amide bonds. The molecule has 2 heterocycles. The third-order valence-corrected chi connectivity index (χ3v) is 7.67. The number of nitrogens with one attached hydrogen (secondary N) is 1. The largest absolute Gasteiger partial charge is 0.497 e. The van der Waals surface area contributed by atoms with Crippen molar-refractivity contribution in [1.29, 1.82) is 0 Å². The van der Waals surface area contributed by atoms with E-state index in [1.54, 1.807) is 52.1 Å². The van der Waals surface area contributed by atoms with Crippen molar-refractivity contribution in [2.75, 3.05) is 24.4 Å². The molecule has 38 heavy (non-hydrogen) atoms. The normalized spacial score (nSPS) is 19.3. The van der Waals surface area contributed by atoms with E-state index in [-0.39, 0.29) is 18.0 Å². The van der Waals surface area contributed by atoms with E-state index in [1.807, 2.05) is 0 Å². The molecule has 206 valence electrons. The Hall–Kier alpha value is -2.81. The highest BCUT2D eigenvalue weighted by atomic mass is 127. The third-order valence-electron chi connectivity index (χ3n) is 5.41. The van der Waals surface area contributed by atoms with Crippen LogP contribution < -0.4 is 10.1 Å². The van der Waals surface area contributed by atoms with Crippen LogP contribution >= 0.6 is 34.4 Å². The van der Waals surface area contributed by atoms with Gasteiger partial charge in [0.2, 0.25) is 0 Å². The first kappa shape index (κ1) is 29.7. The van der Waals surface area contributed by atoms with E-state index in [0.29, 0.717) is 15.9 Å². The predicted molar refractivity (Wildman–Crippen MR) is 149 cm³/mol. The highest BCUT2D eigenvalue weighted by Crippen LogP contribution is 2.41. The lowest BCUT2D eigenvalue weighted by Crippen LogP contribution is -2.71. The van der Waals surface area contributed by atoms with E-state index >= 15 is 0 Å². The molecule has 11 nitrogen and oxygen atoms in total. The van der Waals surface area contributed by atoms with Crippen molar-refractivity contribution in [2.24, 2.45) is 5.16 Å². The van der Waals surface area contributed by atoms with Crippen LogP contribution in [0.4, 0.5) is 0 Å². The Kier molecular flexibility index (Phi) is 10.0. The lowest BCUT2D eigenvalue weighted by molar-refractivity contribution is -0.154. The fraction of sp³-hybridized carbons (Fsp3) is 0.480. The summed E-state index contributed by atoms with van der Waals surface area (Å²) in [4.78, 5) is 57.4. The number of esters is 2. The van der Waals surface area contributed by atoms with E-state index in [9.17, 15) is 19.2 Å². The topological polar surface area (TPSA) is 133 Å². The summed E-state index contributed by atoms with van der Waals surface area (Å²) in [5.41, 5.74) is 0.780. The van der Waals surface area contributed by atoms with Crippen molar-refractivity contribution >= 4 is 63.8 Å². The highest BCUT2D eigenvalue weighted by Gasteiger charge is 2.54. The van der Waals surface area contributed by atoms with Crippen LogP contribution in [0.2, 0.25) is 0 Å². The van der Waals surface area contributed by atoms with E-state index < -0.39 is 47.2 Å². The summed E-state index contributed by atoms with van der Waals surface area (Å²) < 4.78 is 16.4. The number of hydrogen-bond acceptors (Lipinski definition) is 10. The van der Waals surface area contributed by atoms with Crippen molar-refractivity contribution < 1.29 is 38.2 Å². The van der Waals surface area contributed by atoms with E-state index in [2.05, 4.69) is 33.1 Å². The molecule has 1 N–H and O–H groups in total. The van der Waals surface area contributed by atoms with Gasteiger partial charge in [0.15, 0.2) is 5.71 Å². The maximum atomic E-state index is 13.1. The van der Waals surface area contributed by atoms with Crippen LogP contribution in [0.15, 0.2) is 40.7 Å². The molecule has 1 fully saturated rings. The number of nitrogens with zero attached hydrogens (tertiary/aromatic N) is 2. The van der Waals surface area contributed by atoms with Crippen molar-refractivity contribution in [3.63, 3.8) is 0 Å². The molecule has 0 aliphatic carbocycles. The van der Waals surface area contributed by atoms with Crippen LogP contribution in [0.5, 0.6) is 5.75 Å². The number of thioether (sulfide) groups is 1. The van der Waals surface area contributed by atoms with Crippen LogP contribution in [0.25, 0.3) is 0 Å². The van der Waals surface area contributed by atoms with Gasteiger partial charge in [-0.15, -0.1) is 11.8 Å². The Bertz CT molecular complexity index is 1150. The molecule has 0 aromatic heterocycles. The molecule has 0 bridgehead atoms.